The Balaban J connectivity index is 0.000000280. The van der Waals surface area contributed by atoms with Crippen molar-refractivity contribution < 1.29 is 0 Å². The van der Waals surface area contributed by atoms with Gasteiger partial charge in [0.15, 0.2) is 0 Å². The fourth-order valence-electron chi connectivity index (χ4n) is 0.760. The molecule has 0 aliphatic heterocycles. The molecule has 0 saturated carbocycles. The normalized spacial score (nSPS) is 11.6. The van der Waals surface area contributed by atoms with Gasteiger partial charge in [0.05, 0.1) is 0 Å². The molecular formula is C13H25NSi. The first kappa shape index (κ1) is 14.4. The molecule has 0 fully saturated rings. The molecule has 15 heavy (non-hydrogen) atoms. The van der Waals surface area contributed by atoms with E-state index in [0.29, 0.717) is 5.04 Å². The van der Waals surface area contributed by atoms with Gasteiger partial charge in [0.25, 0.3) is 0 Å². The van der Waals surface area contributed by atoms with Crippen molar-refractivity contribution in [1.82, 2.24) is 4.98 Å². The highest BCUT2D eigenvalue weighted by Crippen LogP contribution is 2.33. The minimum Gasteiger partial charge on any atom is -0.340 e. The highest BCUT2D eigenvalue weighted by molar-refractivity contribution is 6.77. The van der Waals surface area contributed by atoms with Crippen LogP contribution in [0, 0.1) is 0 Å². The first-order valence-corrected chi connectivity index (χ1v) is 8.50. The molecule has 0 aliphatic carbocycles. The molecule has 0 saturated heterocycles. The van der Waals surface area contributed by atoms with Crippen LogP contribution in [0.15, 0.2) is 36.4 Å². The van der Waals surface area contributed by atoms with Crippen LogP contribution < -0.4 is 4.98 Å². The lowest BCUT2D eigenvalue weighted by Crippen LogP contribution is -2.49. The SMILES string of the molecule is CN[Si](C)(C)C(C)(C)C.c1ccccc1. The minimum atomic E-state index is -1.13. The van der Waals surface area contributed by atoms with Crippen LogP contribution in [0.1, 0.15) is 20.8 Å². The topological polar surface area (TPSA) is 12.0 Å². The highest BCUT2D eigenvalue weighted by atomic mass is 28.3. The van der Waals surface area contributed by atoms with Crippen LogP contribution in [0.4, 0.5) is 0 Å². The van der Waals surface area contributed by atoms with Crippen LogP contribution in [0.3, 0.4) is 0 Å². The summed E-state index contributed by atoms with van der Waals surface area (Å²) < 4.78 is 0. The maximum Gasteiger partial charge on any atom is 0.124 e. The summed E-state index contributed by atoms with van der Waals surface area (Å²) in [5, 5.41) is 0.474. The van der Waals surface area contributed by atoms with Crippen LogP contribution in [0.5, 0.6) is 0 Å². The molecule has 2 heteroatoms. The lowest BCUT2D eigenvalue weighted by Gasteiger charge is -2.35. The Bertz CT molecular complexity index is 222. The Labute approximate surface area is 96.0 Å². The summed E-state index contributed by atoms with van der Waals surface area (Å²) in [6.45, 7) is 11.6. The van der Waals surface area contributed by atoms with Crippen LogP contribution in [0.2, 0.25) is 18.1 Å². The largest absolute Gasteiger partial charge is 0.340 e. The van der Waals surface area contributed by atoms with Crippen LogP contribution in [-0.2, 0) is 0 Å². The third kappa shape index (κ3) is 5.75. The van der Waals surface area contributed by atoms with Crippen molar-refractivity contribution in [2.45, 2.75) is 38.9 Å². The number of hydrogen-bond donors (Lipinski definition) is 1. The van der Waals surface area contributed by atoms with E-state index in [4.69, 9.17) is 0 Å². The third-order valence-corrected chi connectivity index (χ3v) is 8.17. The predicted molar refractivity (Wildman–Crippen MR) is 72.7 cm³/mol. The Morgan fingerprint density at radius 3 is 1.13 bits per heavy atom. The molecule has 0 amide bonds. The van der Waals surface area contributed by atoms with E-state index in [1.165, 1.54) is 0 Å². The molecule has 1 nitrogen and oxygen atoms in total. The van der Waals surface area contributed by atoms with E-state index in [1.54, 1.807) is 0 Å². The number of benzene rings is 1. The molecule has 0 unspecified atom stereocenters. The van der Waals surface area contributed by atoms with E-state index in [2.05, 4.69) is 45.9 Å². The number of nitrogens with one attached hydrogen (secondary N) is 1. The fourth-order valence-corrected chi connectivity index (χ4v) is 1.51. The third-order valence-electron chi connectivity index (χ3n) is 3.17. The molecule has 0 radical (unpaired) electrons. The second kappa shape index (κ2) is 6.08. The zero-order valence-electron chi connectivity index (χ0n) is 11.0. The van der Waals surface area contributed by atoms with Crippen molar-refractivity contribution >= 4 is 8.24 Å². The van der Waals surface area contributed by atoms with Gasteiger partial charge < -0.3 is 4.98 Å². The zero-order valence-corrected chi connectivity index (χ0v) is 12.0. The lowest BCUT2D eigenvalue weighted by molar-refractivity contribution is 0.701. The van der Waals surface area contributed by atoms with Gasteiger partial charge in [0.2, 0.25) is 0 Å². The molecule has 0 aromatic heterocycles. The molecule has 0 aliphatic rings. The summed E-state index contributed by atoms with van der Waals surface area (Å²) in [6, 6.07) is 12.0. The van der Waals surface area contributed by atoms with Crippen LogP contribution >= 0.6 is 0 Å². The smallest absolute Gasteiger partial charge is 0.124 e. The van der Waals surface area contributed by atoms with E-state index in [-0.39, 0.29) is 0 Å². The number of hydrogen-bond acceptors (Lipinski definition) is 1. The Morgan fingerprint density at radius 1 is 0.800 bits per heavy atom. The second-order valence-electron chi connectivity index (χ2n) is 5.28. The van der Waals surface area contributed by atoms with Crippen molar-refractivity contribution in [3.05, 3.63) is 36.4 Å². The standard InChI is InChI=1S/C7H19NSi.C6H6/c1-7(2,3)9(5,6)8-4;1-2-4-6-5-3-1/h8H,1-6H3;1-6H. The van der Waals surface area contributed by atoms with Gasteiger partial charge in [0, 0.05) is 0 Å². The lowest BCUT2D eigenvalue weighted by atomic mass is 10.2. The van der Waals surface area contributed by atoms with E-state index in [1.807, 2.05) is 36.4 Å². The van der Waals surface area contributed by atoms with E-state index < -0.39 is 8.24 Å². The maximum absolute atomic E-state index is 3.42. The highest BCUT2D eigenvalue weighted by Gasteiger charge is 2.33. The van der Waals surface area contributed by atoms with Crippen molar-refractivity contribution in [2.24, 2.45) is 0 Å². The molecule has 1 aromatic carbocycles. The molecular weight excluding hydrogens is 198 g/mol. The summed E-state index contributed by atoms with van der Waals surface area (Å²) in [6.07, 6.45) is 0. The van der Waals surface area contributed by atoms with Gasteiger partial charge in [-0.2, -0.15) is 0 Å². The summed E-state index contributed by atoms with van der Waals surface area (Å²) in [7, 11) is 0.938. The van der Waals surface area contributed by atoms with Gasteiger partial charge in [-0.3, -0.25) is 0 Å². The molecule has 0 heterocycles. The number of rotatable bonds is 1. The van der Waals surface area contributed by atoms with Gasteiger partial charge in [-0.15, -0.1) is 0 Å². The Morgan fingerprint density at radius 2 is 1.07 bits per heavy atom. The molecule has 1 rings (SSSR count). The van der Waals surface area contributed by atoms with Crippen molar-refractivity contribution in [3.63, 3.8) is 0 Å². The molecule has 0 spiro atoms. The van der Waals surface area contributed by atoms with E-state index in [0.717, 1.165) is 0 Å². The Hall–Kier alpha value is -0.603. The molecule has 0 atom stereocenters. The summed E-state index contributed by atoms with van der Waals surface area (Å²) in [5.74, 6) is 0. The quantitative estimate of drug-likeness (QED) is 0.712. The van der Waals surface area contributed by atoms with Gasteiger partial charge in [-0.25, -0.2) is 0 Å². The average molecular weight is 223 g/mol. The minimum absolute atomic E-state index is 0.474. The zero-order chi connectivity index (χ0) is 11.9. The first-order chi connectivity index (χ1) is 6.81. The predicted octanol–water partition coefficient (Wildman–Crippen LogP) is 3.90. The second-order valence-corrected chi connectivity index (χ2v) is 10.5. The van der Waals surface area contributed by atoms with Crippen LogP contribution in [-0.4, -0.2) is 15.3 Å². The van der Waals surface area contributed by atoms with E-state index >= 15 is 0 Å². The molecule has 1 N–H and O–H groups in total. The van der Waals surface area contributed by atoms with Gasteiger partial charge in [-0.1, -0.05) is 70.3 Å². The van der Waals surface area contributed by atoms with E-state index in [9.17, 15) is 0 Å². The van der Waals surface area contributed by atoms with Gasteiger partial charge >= 0.3 is 0 Å². The Kier molecular flexibility index (Phi) is 5.84. The maximum atomic E-state index is 3.42. The monoisotopic (exact) mass is 223 g/mol. The van der Waals surface area contributed by atoms with Crippen LogP contribution in [0.25, 0.3) is 0 Å². The summed E-state index contributed by atoms with van der Waals surface area (Å²) in [5.41, 5.74) is 0. The average Bonchev–Trinajstić information content (AvgIpc) is 2.20. The van der Waals surface area contributed by atoms with Gasteiger partial charge in [-0.05, 0) is 12.1 Å². The first-order valence-electron chi connectivity index (χ1n) is 5.50. The summed E-state index contributed by atoms with van der Waals surface area (Å²) >= 11 is 0. The summed E-state index contributed by atoms with van der Waals surface area (Å²) in [4.78, 5) is 3.42. The van der Waals surface area contributed by atoms with Crippen molar-refractivity contribution in [1.29, 1.82) is 0 Å². The van der Waals surface area contributed by atoms with Gasteiger partial charge in [0.1, 0.15) is 8.24 Å². The van der Waals surface area contributed by atoms with Crippen molar-refractivity contribution in [3.8, 4) is 0 Å². The molecule has 1 aromatic rings. The molecule has 0 bridgehead atoms. The molecule has 86 valence electrons. The fraction of sp³-hybridized carbons (Fsp3) is 0.538. The van der Waals surface area contributed by atoms with Crippen molar-refractivity contribution in [2.75, 3.05) is 7.05 Å².